The highest BCUT2D eigenvalue weighted by atomic mass is 15.0. The topological polar surface area (TPSA) is 12.0 Å². The van der Waals surface area contributed by atoms with Crippen LogP contribution >= 0.6 is 0 Å². The highest BCUT2D eigenvalue weighted by Crippen LogP contribution is 2.30. The molecule has 0 radical (unpaired) electrons. The lowest BCUT2D eigenvalue weighted by Crippen LogP contribution is -2.40. The molecule has 0 bridgehead atoms. The molecule has 0 saturated heterocycles. The van der Waals surface area contributed by atoms with E-state index >= 15 is 0 Å². The fourth-order valence-corrected chi connectivity index (χ4v) is 3.12. The van der Waals surface area contributed by atoms with E-state index in [2.05, 4.69) is 57.3 Å². The molecule has 1 aliphatic rings. The van der Waals surface area contributed by atoms with Crippen LogP contribution in [0.1, 0.15) is 57.2 Å². The van der Waals surface area contributed by atoms with Crippen LogP contribution in [0.2, 0.25) is 0 Å². The van der Waals surface area contributed by atoms with Gasteiger partial charge in [-0.1, -0.05) is 50.1 Å². The van der Waals surface area contributed by atoms with Crippen LogP contribution in [-0.2, 0) is 0 Å². The first-order chi connectivity index (χ1) is 8.56. The second-order valence-corrected chi connectivity index (χ2v) is 6.30. The Morgan fingerprint density at radius 3 is 2.72 bits per heavy atom. The van der Waals surface area contributed by atoms with E-state index in [-0.39, 0.29) is 0 Å². The highest BCUT2D eigenvalue weighted by molar-refractivity contribution is 5.24. The third kappa shape index (κ3) is 3.35. The van der Waals surface area contributed by atoms with Crippen LogP contribution in [0.4, 0.5) is 0 Å². The molecule has 1 nitrogen and oxygen atoms in total. The first kappa shape index (κ1) is 13.6. The van der Waals surface area contributed by atoms with Crippen LogP contribution in [0.15, 0.2) is 24.3 Å². The van der Waals surface area contributed by atoms with Crippen molar-refractivity contribution in [2.24, 2.45) is 11.8 Å². The summed E-state index contributed by atoms with van der Waals surface area (Å²) in [5, 5.41) is 3.84. The van der Waals surface area contributed by atoms with Gasteiger partial charge in [-0.25, -0.2) is 0 Å². The number of benzene rings is 1. The third-order valence-corrected chi connectivity index (χ3v) is 4.46. The molecule has 1 aromatic carbocycles. The predicted molar refractivity (Wildman–Crippen MR) is 78.7 cm³/mol. The van der Waals surface area contributed by atoms with Crippen LogP contribution in [0.25, 0.3) is 0 Å². The van der Waals surface area contributed by atoms with Gasteiger partial charge in [0.15, 0.2) is 0 Å². The number of hydrogen-bond acceptors (Lipinski definition) is 1. The average Bonchev–Trinajstić information content (AvgIpc) is 2.34. The van der Waals surface area contributed by atoms with Crippen LogP contribution in [-0.4, -0.2) is 6.04 Å². The van der Waals surface area contributed by atoms with E-state index in [1.165, 1.54) is 30.4 Å². The molecule has 0 heterocycles. The van der Waals surface area contributed by atoms with E-state index in [9.17, 15) is 0 Å². The second-order valence-electron chi connectivity index (χ2n) is 6.30. The van der Waals surface area contributed by atoms with Gasteiger partial charge in [0.1, 0.15) is 0 Å². The molecule has 18 heavy (non-hydrogen) atoms. The van der Waals surface area contributed by atoms with Gasteiger partial charge in [0, 0.05) is 12.1 Å². The average molecular weight is 245 g/mol. The third-order valence-electron chi connectivity index (χ3n) is 4.46. The Hall–Kier alpha value is -0.820. The van der Waals surface area contributed by atoms with E-state index in [1.807, 2.05) is 0 Å². The predicted octanol–water partition coefficient (Wildman–Crippen LogP) is 4.47. The Bertz CT molecular complexity index is 385. The molecule has 1 aliphatic carbocycles. The molecule has 4 atom stereocenters. The summed E-state index contributed by atoms with van der Waals surface area (Å²) in [7, 11) is 0. The lowest BCUT2D eigenvalue weighted by atomic mass is 9.79. The van der Waals surface area contributed by atoms with Crippen LogP contribution in [0.3, 0.4) is 0 Å². The molecule has 0 aliphatic heterocycles. The smallest absolute Gasteiger partial charge is 0.0294 e. The van der Waals surface area contributed by atoms with Gasteiger partial charge in [-0.15, -0.1) is 0 Å². The maximum atomic E-state index is 3.84. The van der Waals surface area contributed by atoms with Gasteiger partial charge in [0.25, 0.3) is 0 Å². The molecular weight excluding hydrogens is 218 g/mol. The Labute approximate surface area is 112 Å². The van der Waals surface area contributed by atoms with E-state index < -0.39 is 0 Å². The quantitative estimate of drug-likeness (QED) is 0.828. The van der Waals surface area contributed by atoms with E-state index in [0.717, 1.165) is 11.8 Å². The minimum absolute atomic E-state index is 0.461. The van der Waals surface area contributed by atoms with Crippen LogP contribution in [0.5, 0.6) is 0 Å². The minimum Gasteiger partial charge on any atom is -0.307 e. The lowest BCUT2D eigenvalue weighted by Gasteiger charge is -2.35. The van der Waals surface area contributed by atoms with Crippen molar-refractivity contribution >= 4 is 0 Å². The summed E-state index contributed by atoms with van der Waals surface area (Å²) in [5.74, 6) is 1.69. The standard InChI is InChI=1S/C17H27N/c1-12-6-5-7-16(10-12)15(4)18-17-11-13(2)8-9-14(17)3/h5-7,10,13-15,17-18H,8-9,11H2,1-4H3/t13?,14?,15-,17?/m1/s1. The van der Waals surface area contributed by atoms with Gasteiger partial charge >= 0.3 is 0 Å². The Morgan fingerprint density at radius 1 is 1.22 bits per heavy atom. The molecule has 0 amide bonds. The molecule has 0 aromatic heterocycles. The summed E-state index contributed by atoms with van der Waals surface area (Å²) in [4.78, 5) is 0. The Kier molecular flexibility index (Phi) is 4.45. The Morgan fingerprint density at radius 2 is 2.00 bits per heavy atom. The van der Waals surface area contributed by atoms with E-state index in [4.69, 9.17) is 0 Å². The fourth-order valence-electron chi connectivity index (χ4n) is 3.12. The van der Waals surface area contributed by atoms with Crippen molar-refractivity contribution in [3.8, 4) is 0 Å². The zero-order valence-electron chi connectivity index (χ0n) is 12.2. The molecule has 100 valence electrons. The normalized spacial score (nSPS) is 30.1. The highest BCUT2D eigenvalue weighted by Gasteiger charge is 2.26. The molecule has 1 aromatic rings. The number of nitrogens with one attached hydrogen (secondary N) is 1. The van der Waals surface area contributed by atoms with Crippen LogP contribution < -0.4 is 5.32 Å². The summed E-state index contributed by atoms with van der Waals surface area (Å²) in [5.41, 5.74) is 2.77. The first-order valence-corrected chi connectivity index (χ1v) is 7.39. The van der Waals surface area contributed by atoms with Gasteiger partial charge in [-0.05, 0) is 44.1 Å². The molecule has 1 heteroatoms. The summed E-state index contributed by atoms with van der Waals surface area (Å²) in [6.07, 6.45) is 4.11. The SMILES string of the molecule is Cc1cccc([C@@H](C)NC2CC(C)CCC2C)c1. The monoisotopic (exact) mass is 245 g/mol. The van der Waals surface area contributed by atoms with E-state index in [1.54, 1.807) is 0 Å². The zero-order chi connectivity index (χ0) is 13.1. The van der Waals surface area contributed by atoms with Crippen molar-refractivity contribution in [1.82, 2.24) is 5.32 Å². The molecule has 1 fully saturated rings. The first-order valence-electron chi connectivity index (χ1n) is 7.39. The number of rotatable bonds is 3. The van der Waals surface area contributed by atoms with Crippen molar-refractivity contribution in [3.63, 3.8) is 0 Å². The molecule has 1 N–H and O–H groups in total. The van der Waals surface area contributed by atoms with Gasteiger partial charge in [-0.2, -0.15) is 0 Å². The fraction of sp³-hybridized carbons (Fsp3) is 0.647. The molecule has 0 spiro atoms. The summed E-state index contributed by atoms with van der Waals surface area (Å²) in [6.45, 7) is 9.24. The van der Waals surface area contributed by atoms with Gasteiger partial charge < -0.3 is 5.32 Å². The number of aryl methyl sites for hydroxylation is 1. The van der Waals surface area contributed by atoms with Crippen molar-refractivity contribution in [1.29, 1.82) is 0 Å². The molecule has 1 saturated carbocycles. The molecule has 3 unspecified atom stereocenters. The van der Waals surface area contributed by atoms with Crippen molar-refractivity contribution in [3.05, 3.63) is 35.4 Å². The summed E-state index contributed by atoms with van der Waals surface area (Å²) >= 11 is 0. The lowest BCUT2D eigenvalue weighted by molar-refractivity contribution is 0.216. The van der Waals surface area contributed by atoms with Crippen LogP contribution in [0, 0.1) is 18.8 Å². The molecular formula is C17H27N. The van der Waals surface area contributed by atoms with E-state index in [0.29, 0.717) is 12.1 Å². The maximum Gasteiger partial charge on any atom is 0.0294 e. The van der Waals surface area contributed by atoms with Crippen molar-refractivity contribution < 1.29 is 0 Å². The van der Waals surface area contributed by atoms with Crippen molar-refractivity contribution in [2.75, 3.05) is 0 Å². The molecule has 2 rings (SSSR count). The Balaban J connectivity index is 2.00. The summed E-state index contributed by atoms with van der Waals surface area (Å²) < 4.78 is 0. The van der Waals surface area contributed by atoms with Crippen molar-refractivity contribution in [2.45, 2.75) is 59.0 Å². The minimum atomic E-state index is 0.461. The number of hydrogen-bond donors (Lipinski definition) is 1. The van der Waals surface area contributed by atoms with Gasteiger partial charge in [0.2, 0.25) is 0 Å². The van der Waals surface area contributed by atoms with Gasteiger partial charge in [0.05, 0.1) is 0 Å². The maximum absolute atomic E-state index is 3.84. The largest absolute Gasteiger partial charge is 0.307 e. The zero-order valence-corrected chi connectivity index (χ0v) is 12.2. The second kappa shape index (κ2) is 5.88. The van der Waals surface area contributed by atoms with Gasteiger partial charge in [-0.3, -0.25) is 0 Å². The summed E-state index contributed by atoms with van der Waals surface area (Å²) in [6, 6.07) is 10.0.